The molecule has 5 heteroatoms. The maximum absolute atomic E-state index is 12.5. The standard InChI is InChI=1S/C16H21N3O2/c1-2-16(21)5-3-4-12-9-19(10-13(12)16)15(20)14-6-11(7-17)8-18-14/h6,8,12-13,18,21H,2-5,9-10H2,1H3/t12-,13+,16-/m1/s1. The Balaban J connectivity index is 1.77. The molecule has 2 aliphatic rings. The number of aromatic nitrogens is 1. The molecule has 0 bridgehead atoms. The van der Waals surface area contributed by atoms with Gasteiger partial charge in [-0.25, -0.2) is 0 Å². The summed E-state index contributed by atoms with van der Waals surface area (Å²) >= 11 is 0. The third kappa shape index (κ3) is 2.34. The van der Waals surface area contributed by atoms with Crippen molar-refractivity contribution in [3.63, 3.8) is 0 Å². The van der Waals surface area contributed by atoms with E-state index in [1.165, 1.54) is 0 Å². The van der Waals surface area contributed by atoms with Gasteiger partial charge in [0.1, 0.15) is 11.8 Å². The Kier molecular flexibility index (Phi) is 3.50. The van der Waals surface area contributed by atoms with Gasteiger partial charge in [-0.2, -0.15) is 5.26 Å². The smallest absolute Gasteiger partial charge is 0.270 e. The first-order valence-electron chi connectivity index (χ1n) is 7.67. The Bertz CT molecular complexity index is 589. The van der Waals surface area contributed by atoms with E-state index in [9.17, 15) is 9.90 Å². The average molecular weight is 287 g/mol. The fourth-order valence-electron chi connectivity index (χ4n) is 3.99. The topological polar surface area (TPSA) is 80.1 Å². The molecule has 1 saturated heterocycles. The van der Waals surface area contributed by atoms with Crippen molar-refractivity contribution in [2.24, 2.45) is 11.8 Å². The quantitative estimate of drug-likeness (QED) is 0.871. The van der Waals surface area contributed by atoms with Gasteiger partial charge in [0, 0.05) is 25.2 Å². The van der Waals surface area contributed by atoms with Gasteiger partial charge in [-0.15, -0.1) is 0 Å². The highest BCUT2D eigenvalue weighted by molar-refractivity contribution is 5.93. The van der Waals surface area contributed by atoms with Crippen LogP contribution >= 0.6 is 0 Å². The number of rotatable bonds is 2. The summed E-state index contributed by atoms with van der Waals surface area (Å²) in [4.78, 5) is 17.2. The Hall–Kier alpha value is -1.80. The predicted octanol–water partition coefficient (Wildman–Crippen LogP) is 1.90. The molecule has 21 heavy (non-hydrogen) atoms. The van der Waals surface area contributed by atoms with E-state index in [0.29, 0.717) is 30.3 Å². The highest BCUT2D eigenvalue weighted by Crippen LogP contribution is 2.44. The summed E-state index contributed by atoms with van der Waals surface area (Å²) in [6.45, 7) is 3.36. The molecule has 3 rings (SSSR count). The van der Waals surface area contributed by atoms with Crippen LogP contribution in [-0.4, -0.2) is 39.6 Å². The molecule has 0 radical (unpaired) electrons. The Morgan fingerprint density at radius 3 is 3.10 bits per heavy atom. The number of nitrogens with one attached hydrogen (secondary N) is 1. The summed E-state index contributed by atoms with van der Waals surface area (Å²) < 4.78 is 0. The molecule has 2 heterocycles. The van der Waals surface area contributed by atoms with E-state index >= 15 is 0 Å². The zero-order chi connectivity index (χ0) is 15.0. The molecule has 1 aliphatic heterocycles. The highest BCUT2D eigenvalue weighted by Gasteiger charge is 2.48. The second-order valence-corrected chi connectivity index (χ2v) is 6.34. The van der Waals surface area contributed by atoms with Crippen LogP contribution in [-0.2, 0) is 0 Å². The molecule has 2 N–H and O–H groups in total. The first kappa shape index (κ1) is 14.2. The van der Waals surface area contributed by atoms with Crippen molar-refractivity contribution in [3.8, 4) is 6.07 Å². The number of nitrogens with zero attached hydrogens (tertiary/aromatic N) is 2. The number of hydrogen-bond donors (Lipinski definition) is 2. The van der Waals surface area contributed by atoms with Crippen molar-refractivity contribution >= 4 is 5.91 Å². The maximum Gasteiger partial charge on any atom is 0.270 e. The zero-order valence-electron chi connectivity index (χ0n) is 12.3. The zero-order valence-corrected chi connectivity index (χ0v) is 12.3. The van der Waals surface area contributed by atoms with Crippen molar-refractivity contribution in [1.82, 2.24) is 9.88 Å². The summed E-state index contributed by atoms with van der Waals surface area (Å²) in [7, 11) is 0. The number of likely N-dealkylation sites (tertiary alicyclic amines) is 1. The van der Waals surface area contributed by atoms with E-state index in [4.69, 9.17) is 5.26 Å². The molecule has 1 aliphatic carbocycles. The predicted molar refractivity (Wildman–Crippen MR) is 77.5 cm³/mol. The Labute approximate surface area is 124 Å². The van der Waals surface area contributed by atoms with Crippen LogP contribution in [0.1, 0.15) is 48.7 Å². The number of aliphatic hydroxyl groups is 1. The summed E-state index contributed by atoms with van der Waals surface area (Å²) in [5.74, 6) is 0.521. The van der Waals surface area contributed by atoms with Gasteiger partial charge in [-0.3, -0.25) is 4.79 Å². The first-order chi connectivity index (χ1) is 10.1. The number of fused-ring (bicyclic) bond motifs is 1. The van der Waals surface area contributed by atoms with Crippen molar-refractivity contribution in [1.29, 1.82) is 5.26 Å². The fraction of sp³-hybridized carbons (Fsp3) is 0.625. The average Bonchev–Trinajstić information content (AvgIpc) is 3.14. The van der Waals surface area contributed by atoms with Gasteiger partial charge in [0.2, 0.25) is 0 Å². The Morgan fingerprint density at radius 1 is 1.62 bits per heavy atom. The van der Waals surface area contributed by atoms with Gasteiger partial charge in [0.05, 0.1) is 11.2 Å². The lowest BCUT2D eigenvalue weighted by Gasteiger charge is -2.40. The van der Waals surface area contributed by atoms with Crippen molar-refractivity contribution < 1.29 is 9.90 Å². The van der Waals surface area contributed by atoms with Gasteiger partial charge in [0.25, 0.3) is 5.91 Å². The first-order valence-corrected chi connectivity index (χ1v) is 7.67. The third-order valence-electron chi connectivity index (χ3n) is 5.26. The molecular formula is C16H21N3O2. The molecule has 1 aromatic heterocycles. The van der Waals surface area contributed by atoms with E-state index in [-0.39, 0.29) is 11.8 Å². The molecular weight excluding hydrogens is 266 g/mol. The van der Waals surface area contributed by atoms with Crippen LogP contribution in [0.5, 0.6) is 0 Å². The van der Waals surface area contributed by atoms with Crippen LogP contribution in [0.15, 0.2) is 12.3 Å². The SMILES string of the molecule is CC[C@@]1(O)CCC[C@@H]2CN(C(=O)c3cc(C#N)c[nH]3)C[C@@H]21. The van der Waals surface area contributed by atoms with Crippen LogP contribution in [0.25, 0.3) is 0 Å². The number of nitriles is 1. The van der Waals surface area contributed by atoms with E-state index in [1.807, 2.05) is 17.9 Å². The lowest BCUT2D eigenvalue weighted by molar-refractivity contribution is -0.0609. The second kappa shape index (κ2) is 5.19. The number of H-pyrrole nitrogens is 1. The lowest BCUT2D eigenvalue weighted by Crippen LogP contribution is -2.44. The van der Waals surface area contributed by atoms with Gasteiger partial charge in [-0.1, -0.05) is 13.3 Å². The summed E-state index contributed by atoms with van der Waals surface area (Å²) in [6, 6.07) is 3.62. The van der Waals surface area contributed by atoms with E-state index < -0.39 is 5.60 Å². The second-order valence-electron chi connectivity index (χ2n) is 6.34. The number of carbonyl (C=O) groups is 1. The molecule has 112 valence electrons. The minimum Gasteiger partial charge on any atom is -0.390 e. The molecule has 0 aromatic carbocycles. The number of hydrogen-bond acceptors (Lipinski definition) is 3. The molecule has 2 fully saturated rings. The highest BCUT2D eigenvalue weighted by atomic mass is 16.3. The number of aromatic amines is 1. The molecule has 5 nitrogen and oxygen atoms in total. The Morgan fingerprint density at radius 2 is 2.43 bits per heavy atom. The van der Waals surface area contributed by atoms with Crippen LogP contribution < -0.4 is 0 Å². The monoisotopic (exact) mass is 287 g/mol. The lowest BCUT2D eigenvalue weighted by atomic mass is 9.69. The van der Waals surface area contributed by atoms with Crippen LogP contribution in [0.3, 0.4) is 0 Å². The molecule has 1 amide bonds. The van der Waals surface area contributed by atoms with Gasteiger partial charge < -0.3 is 15.0 Å². The number of carbonyl (C=O) groups excluding carboxylic acids is 1. The van der Waals surface area contributed by atoms with Crippen LogP contribution in [0.2, 0.25) is 0 Å². The number of amides is 1. The van der Waals surface area contributed by atoms with E-state index in [0.717, 1.165) is 25.7 Å². The summed E-state index contributed by atoms with van der Waals surface area (Å²) in [5, 5.41) is 19.6. The third-order valence-corrected chi connectivity index (χ3v) is 5.26. The minimum absolute atomic E-state index is 0.0654. The normalized spacial score (nSPS) is 31.8. The molecule has 0 unspecified atom stereocenters. The fourth-order valence-corrected chi connectivity index (χ4v) is 3.99. The van der Waals surface area contributed by atoms with Gasteiger partial charge >= 0.3 is 0 Å². The van der Waals surface area contributed by atoms with E-state index in [1.54, 1.807) is 12.3 Å². The van der Waals surface area contributed by atoms with Crippen LogP contribution in [0, 0.1) is 23.2 Å². The summed E-state index contributed by atoms with van der Waals surface area (Å²) in [5.41, 5.74) is 0.316. The molecule has 1 aromatic rings. The maximum atomic E-state index is 12.5. The largest absolute Gasteiger partial charge is 0.390 e. The molecule has 3 atom stereocenters. The van der Waals surface area contributed by atoms with E-state index in [2.05, 4.69) is 4.98 Å². The summed E-state index contributed by atoms with van der Waals surface area (Å²) in [6.07, 6.45) is 5.27. The molecule has 0 spiro atoms. The van der Waals surface area contributed by atoms with Crippen molar-refractivity contribution in [3.05, 3.63) is 23.5 Å². The van der Waals surface area contributed by atoms with Crippen molar-refractivity contribution in [2.45, 2.75) is 38.2 Å². The van der Waals surface area contributed by atoms with Gasteiger partial charge in [-0.05, 0) is 31.2 Å². The van der Waals surface area contributed by atoms with Crippen molar-refractivity contribution in [2.75, 3.05) is 13.1 Å². The molecule has 1 saturated carbocycles. The van der Waals surface area contributed by atoms with Crippen LogP contribution in [0.4, 0.5) is 0 Å². The van der Waals surface area contributed by atoms with Gasteiger partial charge in [0.15, 0.2) is 0 Å². The minimum atomic E-state index is -0.620.